The highest BCUT2D eigenvalue weighted by atomic mass is 16.2. The Morgan fingerprint density at radius 3 is 2.39 bits per heavy atom. The smallest absolute Gasteiger partial charge is 0.253 e. The summed E-state index contributed by atoms with van der Waals surface area (Å²) in [5.41, 5.74) is 2.71. The minimum Gasteiger partial charge on any atom is -0.356 e. The molecule has 1 aromatic carbocycles. The molecule has 2 saturated heterocycles. The molecule has 2 aliphatic heterocycles. The van der Waals surface area contributed by atoms with Crippen molar-refractivity contribution in [1.82, 2.24) is 24.3 Å². The predicted molar refractivity (Wildman–Crippen MR) is 155 cm³/mol. The Labute approximate surface area is 228 Å². The lowest BCUT2D eigenvalue weighted by atomic mass is 10.1. The lowest BCUT2D eigenvalue weighted by Gasteiger charge is -2.22. The van der Waals surface area contributed by atoms with E-state index in [1.165, 1.54) is 25.9 Å². The normalized spacial score (nSPS) is 16.2. The van der Waals surface area contributed by atoms with Gasteiger partial charge in [0, 0.05) is 51.3 Å². The van der Waals surface area contributed by atoms with Crippen molar-refractivity contribution in [2.75, 3.05) is 57.7 Å². The van der Waals surface area contributed by atoms with E-state index in [0.29, 0.717) is 6.42 Å². The number of nitrogens with one attached hydrogen (secondary N) is 1. The third-order valence-electron chi connectivity index (χ3n) is 7.96. The van der Waals surface area contributed by atoms with Crippen LogP contribution in [0.3, 0.4) is 0 Å². The van der Waals surface area contributed by atoms with Crippen molar-refractivity contribution in [3.8, 4) is 0 Å². The van der Waals surface area contributed by atoms with Gasteiger partial charge in [-0.1, -0.05) is 26.7 Å². The van der Waals surface area contributed by atoms with Crippen LogP contribution >= 0.6 is 0 Å². The lowest BCUT2D eigenvalue weighted by molar-refractivity contribution is -0.127. The summed E-state index contributed by atoms with van der Waals surface area (Å²) in [6.07, 6.45) is 10.5. The summed E-state index contributed by atoms with van der Waals surface area (Å²) in [5, 5.41) is 3.55. The van der Waals surface area contributed by atoms with Gasteiger partial charge in [0.2, 0.25) is 11.9 Å². The Kier molecular flexibility index (Phi) is 10.9. The number of hydrogen-bond acceptors (Lipinski definition) is 5. The van der Waals surface area contributed by atoms with E-state index in [1.807, 2.05) is 21.9 Å². The Morgan fingerprint density at radius 2 is 1.71 bits per heavy atom. The summed E-state index contributed by atoms with van der Waals surface area (Å²) in [4.78, 5) is 36.9. The first-order valence-corrected chi connectivity index (χ1v) is 15.1. The Bertz CT molecular complexity index is 1040. The third-order valence-corrected chi connectivity index (χ3v) is 7.96. The number of imidazole rings is 1. The number of benzene rings is 1. The number of carbonyl (C=O) groups excluding carboxylic acids is 2. The van der Waals surface area contributed by atoms with Gasteiger partial charge in [0.15, 0.2) is 0 Å². The summed E-state index contributed by atoms with van der Waals surface area (Å²) >= 11 is 0. The molecule has 0 spiro atoms. The maximum absolute atomic E-state index is 13.5. The number of unbranched alkanes of at least 4 members (excludes halogenated alkanes) is 2. The van der Waals surface area contributed by atoms with Crippen molar-refractivity contribution in [2.45, 2.75) is 84.6 Å². The largest absolute Gasteiger partial charge is 0.356 e. The molecule has 210 valence electrons. The standard InChI is InChI=1S/C30H48N6O2/c1-3-5-19-35(20-6-4-2)29(38)25-13-14-26-27(24-25)36(23-11-18-33-16-7-8-17-33)30(32-26)31-15-10-22-34-21-9-12-28(34)37/h13-14,24H,3-12,15-23H2,1-2H3,(H,31,32). The minimum absolute atomic E-state index is 0.128. The zero-order chi connectivity index (χ0) is 26.7. The number of fused-ring (bicyclic) bond motifs is 1. The quantitative estimate of drug-likeness (QED) is 0.313. The molecule has 1 aromatic heterocycles. The number of amides is 2. The Hall–Kier alpha value is -2.61. The lowest BCUT2D eigenvalue weighted by Crippen LogP contribution is -2.33. The predicted octanol–water partition coefficient (Wildman–Crippen LogP) is 4.99. The van der Waals surface area contributed by atoms with Crippen LogP contribution < -0.4 is 5.32 Å². The van der Waals surface area contributed by atoms with Crippen LogP contribution in [0.4, 0.5) is 5.95 Å². The monoisotopic (exact) mass is 524 g/mol. The van der Waals surface area contributed by atoms with E-state index in [-0.39, 0.29) is 11.8 Å². The number of anilines is 1. The zero-order valence-corrected chi connectivity index (χ0v) is 23.7. The molecule has 0 aliphatic carbocycles. The maximum atomic E-state index is 13.5. The van der Waals surface area contributed by atoms with Gasteiger partial charge < -0.3 is 24.6 Å². The summed E-state index contributed by atoms with van der Waals surface area (Å²) < 4.78 is 2.27. The van der Waals surface area contributed by atoms with Crippen LogP contribution in [-0.2, 0) is 11.3 Å². The fourth-order valence-electron chi connectivity index (χ4n) is 5.68. The minimum atomic E-state index is 0.128. The molecule has 4 rings (SSSR count). The highest BCUT2D eigenvalue weighted by molar-refractivity contribution is 5.97. The van der Waals surface area contributed by atoms with Gasteiger partial charge in [0.25, 0.3) is 5.91 Å². The summed E-state index contributed by atoms with van der Waals surface area (Å²) in [5.74, 6) is 1.28. The van der Waals surface area contributed by atoms with E-state index < -0.39 is 0 Å². The fourth-order valence-corrected chi connectivity index (χ4v) is 5.68. The first-order valence-electron chi connectivity index (χ1n) is 15.1. The molecule has 0 bridgehead atoms. The highest BCUT2D eigenvalue weighted by Gasteiger charge is 2.20. The molecular weight excluding hydrogens is 476 g/mol. The van der Waals surface area contributed by atoms with Crippen molar-refractivity contribution >= 4 is 28.8 Å². The Balaban J connectivity index is 1.49. The van der Waals surface area contributed by atoms with Gasteiger partial charge in [0.1, 0.15) is 0 Å². The van der Waals surface area contributed by atoms with E-state index in [1.54, 1.807) is 0 Å². The van der Waals surface area contributed by atoms with E-state index in [0.717, 1.165) is 113 Å². The van der Waals surface area contributed by atoms with Gasteiger partial charge in [-0.05, 0) is 82.8 Å². The molecule has 8 heteroatoms. The molecule has 2 aliphatic rings. The van der Waals surface area contributed by atoms with Crippen molar-refractivity contribution in [2.24, 2.45) is 0 Å². The number of aryl methyl sites for hydroxylation is 1. The molecular formula is C30H48N6O2. The van der Waals surface area contributed by atoms with Crippen LogP contribution in [0.2, 0.25) is 0 Å². The molecule has 1 N–H and O–H groups in total. The molecule has 8 nitrogen and oxygen atoms in total. The number of aromatic nitrogens is 2. The van der Waals surface area contributed by atoms with E-state index in [9.17, 15) is 9.59 Å². The van der Waals surface area contributed by atoms with E-state index in [2.05, 4.69) is 34.7 Å². The molecule has 0 radical (unpaired) electrons. The number of nitrogens with zero attached hydrogens (tertiary/aromatic N) is 5. The molecule has 0 atom stereocenters. The van der Waals surface area contributed by atoms with Crippen molar-refractivity contribution in [3.05, 3.63) is 23.8 Å². The summed E-state index contributed by atoms with van der Waals surface area (Å²) in [6.45, 7) is 12.8. The molecule has 3 heterocycles. The fraction of sp³-hybridized carbons (Fsp3) is 0.700. The van der Waals surface area contributed by atoms with Crippen molar-refractivity contribution in [1.29, 1.82) is 0 Å². The van der Waals surface area contributed by atoms with Crippen LogP contribution in [0, 0.1) is 0 Å². The average molecular weight is 525 g/mol. The summed E-state index contributed by atoms with van der Waals surface area (Å²) in [6, 6.07) is 6.00. The number of carbonyl (C=O) groups is 2. The van der Waals surface area contributed by atoms with Crippen LogP contribution in [0.1, 0.15) is 88.4 Å². The molecule has 38 heavy (non-hydrogen) atoms. The molecule has 2 aromatic rings. The van der Waals surface area contributed by atoms with Crippen LogP contribution in [0.15, 0.2) is 18.2 Å². The molecule has 2 amide bonds. The van der Waals surface area contributed by atoms with Crippen LogP contribution in [0.5, 0.6) is 0 Å². The molecule has 2 fully saturated rings. The second-order valence-electron chi connectivity index (χ2n) is 11.0. The second kappa shape index (κ2) is 14.5. The summed E-state index contributed by atoms with van der Waals surface area (Å²) in [7, 11) is 0. The van der Waals surface area contributed by atoms with E-state index in [4.69, 9.17) is 4.98 Å². The highest BCUT2D eigenvalue weighted by Crippen LogP contribution is 2.23. The van der Waals surface area contributed by atoms with Gasteiger partial charge in [-0.2, -0.15) is 0 Å². The van der Waals surface area contributed by atoms with Crippen molar-refractivity contribution < 1.29 is 9.59 Å². The van der Waals surface area contributed by atoms with Crippen LogP contribution in [0.25, 0.3) is 11.0 Å². The second-order valence-corrected chi connectivity index (χ2v) is 11.0. The SMILES string of the molecule is CCCCN(CCCC)C(=O)c1ccc2nc(NCCCN3CCCC3=O)n(CCCN3CCCC3)c2c1. The zero-order valence-electron chi connectivity index (χ0n) is 23.7. The van der Waals surface area contributed by atoms with Gasteiger partial charge >= 0.3 is 0 Å². The topological polar surface area (TPSA) is 73.7 Å². The van der Waals surface area contributed by atoms with Crippen molar-refractivity contribution in [3.63, 3.8) is 0 Å². The van der Waals surface area contributed by atoms with Crippen LogP contribution in [-0.4, -0.2) is 88.4 Å². The third kappa shape index (κ3) is 7.49. The maximum Gasteiger partial charge on any atom is 0.253 e. The van der Waals surface area contributed by atoms with Gasteiger partial charge in [-0.3, -0.25) is 9.59 Å². The van der Waals surface area contributed by atoms with Gasteiger partial charge in [-0.15, -0.1) is 0 Å². The number of likely N-dealkylation sites (tertiary alicyclic amines) is 2. The molecule has 0 unspecified atom stereocenters. The average Bonchev–Trinajstić information content (AvgIpc) is 3.67. The Morgan fingerprint density at radius 1 is 0.947 bits per heavy atom. The van der Waals surface area contributed by atoms with E-state index >= 15 is 0 Å². The van der Waals surface area contributed by atoms with Gasteiger partial charge in [0.05, 0.1) is 11.0 Å². The van der Waals surface area contributed by atoms with Gasteiger partial charge in [-0.25, -0.2) is 4.98 Å². The number of rotatable bonds is 16. The molecule has 0 saturated carbocycles. The first-order chi connectivity index (χ1) is 18.6. The number of hydrogen-bond donors (Lipinski definition) is 1. The first kappa shape index (κ1) is 28.4.